The van der Waals surface area contributed by atoms with E-state index in [4.69, 9.17) is 9.47 Å². The largest absolute Gasteiger partial charge is 0.493 e. The van der Waals surface area contributed by atoms with Gasteiger partial charge in [-0.25, -0.2) is 0 Å². The number of aryl methyl sites for hydroxylation is 1. The highest BCUT2D eigenvalue weighted by atomic mass is 16.5. The molecule has 1 aromatic rings. The van der Waals surface area contributed by atoms with Crippen LogP contribution < -0.4 is 10.1 Å². The summed E-state index contributed by atoms with van der Waals surface area (Å²) in [5, 5.41) is 7.66. The van der Waals surface area contributed by atoms with E-state index in [0.29, 0.717) is 31.2 Å². The highest BCUT2D eigenvalue weighted by molar-refractivity contribution is 5.99. The van der Waals surface area contributed by atoms with E-state index in [2.05, 4.69) is 24.3 Å². The molecule has 0 bridgehead atoms. The van der Waals surface area contributed by atoms with Crippen LogP contribution in [-0.4, -0.2) is 48.5 Å². The molecule has 2 atom stereocenters. The molecule has 0 radical (unpaired) electrons. The molecule has 21 heavy (non-hydrogen) atoms. The molecular weight excluding hydrogens is 270 g/mol. The lowest BCUT2D eigenvalue weighted by Crippen LogP contribution is -2.40. The lowest BCUT2D eigenvalue weighted by atomic mass is 9.95. The fraction of sp³-hybridized carbons (Fsp3) is 0.733. The molecule has 0 amide bonds. The Morgan fingerprint density at radius 3 is 2.95 bits per heavy atom. The third-order valence-corrected chi connectivity index (χ3v) is 3.77. The van der Waals surface area contributed by atoms with Crippen molar-refractivity contribution in [3.05, 3.63) is 11.9 Å². The van der Waals surface area contributed by atoms with Crippen LogP contribution in [0.5, 0.6) is 5.75 Å². The van der Waals surface area contributed by atoms with Crippen LogP contribution in [0.1, 0.15) is 37.2 Å². The number of hydrogen-bond donors (Lipinski definition) is 1. The van der Waals surface area contributed by atoms with Crippen molar-refractivity contribution >= 4 is 5.78 Å². The Hall–Kier alpha value is -1.40. The van der Waals surface area contributed by atoms with E-state index in [-0.39, 0.29) is 17.7 Å². The number of methoxy groups -OCH3 is 1. The summed E-state index contributed by atoms with van der Waals surface area (Å²) in [4.78, 5) is 12.9. The number of aromatic nitrogens is 2. The molecule has 0 spiro atoms. The second-order valence-corrected chi connectivity index (χ2v) is 5.35. The van der Waals surface area contributed by atoms with Crippen molar-refractivity contribution in [3.8, 4) is 5.75 Å². The summed E-state index contributed by atoms with van der Waals surface area (Å²) < 4.78 is 12.6. The summed E-state index contributed by atoms with van der Waals surface area (Å²) >= 11 is 0. The molecule has 0 aliphatic carbocycles. The predicted molar refractivity (Wildman–Crippen MR) is 79.8 cm³/mol. The van der Waals surface area contributed by atoms with E-state index >= 15 is 0 Å². The standard InChI is InChI=1S/C15H25N3O3/c1-4-6-16-12-10-21-9-11(12)15(19)14-13(20-3)8-17-18(14)7-5-2/h8,11-12,16H,4-7,9-10H2,1-3H3. The van der Waals surface area contributed by atoms with Crippen molar-refractivity contribution in [2.45, 2.75) is 39.3 Å². The summed E-state index contributed by atoms with van der Waals surface area (Å²) in [6, 6.07) is 0.0760. The van der Waals surface area contributed by atoms with Crippen LogP contribution in [0.3, 0.4) is 0 Å². The van der Waals surface area contributed by atoms with Crippen LogP contribution in [0.4, 0.5) is 0 Å². The fourth-order valence-corrected chi connectivity index (χ4v) is 2.67. The Bertz CT molecular complexity index is 473. The predicted octanol–water partition coefficient (Wildman–Crippen LogP) is 1.50. The molecule has 1 aliphatic heterocycles. The number of carbonyl (C=O) groups is 1. The average Bonchev–Trinajstić information content (AvgIpc) is 3.11. The van der Waals surface area contributed by atoms with Crippen LogP contribution in [0, 0.1) is 5.92 Å². The van der Waals surface area contributed by atoms with Gasteiger partial charge in [-0.05, 0) is 19.4 Å². The number of Topliss-reactive ketones (excluding diaryl/α,β-unsaturated/α-hetero) is 1. The Kier molecular flexibility index (Phi) is 5.76. The summed E-state index contributed by atoms with van der Waals surface area (Å²) in [5.41, 5.74) is 0.568. The zero-order valence-electron chi connectivity index (χ0n) is 13.1. The number of ketones is 1. The molecule has 1 aromatic heterocycles. The van der Waals surface area contributed by atoms with Crippen molar-refractivity contribution < 1.29 is 14.3 Å². The van der Waals surface area contributed by atoms with Gasteiger partial charge in [0.05, 0.1) is 32.4 Å². The maximum Gasteiger partial charge on any atom is 0.191 e. The van der Waals surface area contributed by atoms with Gasteiger partial charge in [-0.3, -0.25) is 9.48 Å². The highest BCUT2D eigenvalue weighted by Gasteiger charge is 2.37. The zero-order chi connectivity index (χ0) is 15.2. The molecule has 1 aliphatic rings. The molecule has 1 fully saturated rings. The number of hydrogen-bond acceptors (Lipinski definition) is 5. The molecule has 2 unspecified atom stereocenters. The third kappa shape index (κ3) is 3.44. The lowest BCUT2D eigenvalue weighted by molar-refractivity contribution is 0.0877. The summed E-state index contributed by atoms with van der Waals surface area (Å²) in [6.45, 7) is 6.82. The maximum absolute atomic E-state index is 12.9. The smallest absolute Gasteiger partial charge is 0.191 e. The van der Waals surface area contributed by atoms with Gasteiger partial charge in [-0.2, -0.15) is 5.10 Å². The molecular formula is C15H25N3O3. The van der Waals surface area contributed by atoms with Gasteiger partial charge in [0.15, 0.2) is 11.5 Å². The molecule has 0 saturated carbocycles. The number of rotatable bonds is 8. The Morgan fingerprint density at radius 1 is 1.48 bits per heavy atom. The minimum Gasteiger partial charge on any atom is -0.493 e. The molecule has 1 saturated heterocycles. The maximum atomic E-state index is 12.9. The first kappa shape index (κ1) is 16.0. The van der Waals surface area contributed by atoms with E-state index in [1.54, 1.807) is 18.0 Å². The minimum absolute atomic E-state index is 0.0592. The second kappa shape index (κ2) is 7.56. The van der Waals surface area contributed by atoms with Gasteiger partial charge < -0.3 is 14.8 Å². The van der Waals surface area contributed by atoms with E-state index in [0.717, 1.165) is 19.4 Å². The van der Waals surface area contributed by atoms with Gasteiger partial charge in [0, 0.05) is 12.6 Å². The zero-order valence-corrected chi connectivity index (χ0v) is 13.1. The van der Waals surface area contributed by atoms with Crippen LogP contribution in [-0.2, 0) is 11.3 Å². The summed E-state index contributed by atoms with van der Waals surface area (Å²) in [6.07, 6.45) is 3.57. The Labute approximate surface area is 125 Å². The minimum atomic E-state index is -0.169. The van der Waals surface area contributed by atoms with E-state index in [1.807, 2.05) is 0 Å². The van der Waals surface area contributed by atoms with Gasteiger partial charge in [0.2, 0.25) is 0 Å². The highest BCUT2D eigenvalue weighted by Crippen LogP contribution is 2.25. The molecule has 1 N–H and O–H groups in total. The average molecular weight is 295 g/mol. The van der Waals surface area contributed by atoms with Crippen molar-refractivity contribution in [3.63, 3.8) is 0 Å². The molecule has 2 rings (SSSR count). The number of nitrogens with one attached hydrogen (secondary N) is 1. The van der Waals surface area contributed by atoms with Gasteiger partial charge in [0.25, 0.3) is 0 Å². The molecule has 0 aromatic carbocycles. The molecule has 118 valence electrons. The van der Waals surface area contributed by atoms with Crippen molar-refractivity contribution in [2.75, 3.05) is 26.9 Å². The Balaban J connectivity index is 2.20. The number of nitrogens with zero attached hydrogens (tertiary/aromatic N) is 2. The summed E-state index contributed by atoms with van der Waals surface area (Å²) in [5.74, 6) is 0.441. The van der Waals surface area contributed by atoms with Crippen molar-refractivity contribution in [1.82, 2.24) is 15.1 Å². The SMILES string of the molecule is CCCNC1COCC1C(=O)c1c(OC)cnn1CCC. The fourth-order valence-electron chi connectivity index (χ4n) is 2.67. The van der Waals surface area contributed by atoms with Crippen molar-refractivity contribution in [2.24, 2.45) is 5.92 Å². The molecule has 6 heteroatoms. The Morgan fingerprint density at radius 2 is 2.29 bits per heavy atom. The van der Waals surface area contributed by atoms with E-state index in [1.165, 1.54) is 0 Å². The van der Waals surface area contributed by atoms with Gasteiger partial charge in [-0.15, -0.1) is 0 Å². The van der Waals surface area contributed by atoms with Crippen LogP contribution in [0.2, 0.25) is 0 Å². The first-order valence-electron chi connectivity index (χ1n) is 7.68. The third-order valence-electron chi connectivity index (χ3n) is 3.77. The summed E-state index contributed by atoms with van der Waals surface area (Å²) in [7, 11) is 1.57. The van der Waals surface area contributed by atoms with Crippen molar-refractivity contribution in [1.29, 1.82) is 0 Å². The normalized spacial score (nSPS) is 21.7. The van der Waals surface area contributed by atoms with Crippen LogP contribution >= 0.6 is 0 Å². The first-order chi connectivity index (χ1) is 10.2. The van der Waals surface area contributed by atoms with E-state index < -0.39 is 0 Å². The van der Waals surface area contributed by atoms with Gasteiger partial charge >= 0.3 is 0 Å². The lowest BCUT2D eigenvalue weighted by Gasteiger charge is -2.18. The van der Waals surface area contributed by atoms with Gasteiger partial charge in [-0.1, -0.05) is 13.8 Å². The molecule has 2 heterocycles. The second-order valence-electron chi connectivity index (χ2n) is 5.35. The molecule has 6 nitrogen and oxygen atoms in total. The van der Waals surface area contributed by atoms with Crippen LogP contribution in [0.25, 0.3) is 0 Å². The quantitative estimate of drug-likeness (QED) is 0.736. The number of ether oxygens (including phenoxy) is 2. The monoisotopic (exact) mass is 295 g/mol. The first-order valence-corrected chi connectivity index (χ1v) is 7.68. The van der Waals surface area contributed by atoms with Crippen LogP contribution in [0.15, 0.2) is 6.20 Å². The number of carbonyl (C=O) groups excluding carboxylic acids is 1. The topological polar surface area (TPSA) is 65.4 Å². The van der Waals surface area contributed by atoms with E-state index in [9.17, 15) is 4.79 Å². The van der Waals surface area contributed by atoms with Gasteiger partial charge in [0.1, 0.15) is 5.69 Å².